The lowest BCUT2D eigenvalue weighted by Crippen LogP contribution is -2.38. The zero-order valence-electron chi connectivity index (χ0n) is 11.9. The van der Waals surface area contributed by atoms with Crippen LogP contribution in [0.15, 0.2) is 48.5 Å². The van der Waals surface area contributed by atoms with Crippen LogP contribution in [0.4, 0.5) is 18.4 Å². The highest BCUT2D eigenvalue weighted by molar-refractivity contribution is 8.12. The minimum Gasteiger partial charge on any atom is -0.417 e. The van der Waals surface area contributed by atoms with Crippen molar-refractivity contribution in [3.8, 4) is 5.75 Å². The Hall–Kier alpha value is -2.94. The summed E-state index contributed by atoms with van der Waals surface area (Å²) >= 11 is 0.262. The van der Waals surface area contributed by atoms with Crippen molar-refractivity contribution >= 4 is 29.2 Å². The summed E-state index contributed by atoms with van der Waals surface area (Å²) in [6, 6.07) is 9.79. The van der Waals surface area contributed by atoms with Gasteiger partial charge in [-0.3, -0.25) is 14.8 Å². The average Bonchev–Trinajstić information content (AvgIpc) is 2.54. The van der Waals surface area contributed by atoms with Crippen molar-refractivity contribution in [1.29, 1.82) is 0 Å². The summed E-state index contributed by atoms with van der Waals surface area (Å²) in [6.07, 6.45) is 0. The minimum atomic E-state index is -1.28. The second-order valence-electron chi connectivity index (χ2n) is 4.25. The molecule has 2 aromatic rings. The number of hydrogen-bond donors (Lipinski definition) is 2. The number of amides is 3. The van der Waals surface area contributed by atoms with E-state index in [1.54, 1.807) is 23.5 Å². The molecule has 2 rings (SSSR count). The summed E-state index contributed by atoms with van der Waals surface area (Å²) in [5, 5.41) is 0.839. The standard InChI is InChI=1S/C15H10F2N2O4S/c16-10-7-4-8-11(17)12(10)13(20)18-14(21)19-24-15(22)23-9-5-2-1-3-6-9/h1-8H,(H2,18,19,20,21). The Morgan fingerprint density at radius 1 is 0.917 bits per heavy atom. The predicted octanol–water partition coefficient (Wildman–Crippen LogP) is 3.25. The molecule has 0 atom stereocenters. The van der Waals surface area contributed by atoms with E-state index in [2.05, 4.69) is 0 Å². The van der Waals surface area contributed by atoms with Crippen molar-refractivity contribution in [2.75, 3.05) is 0 Å². The number of rotatable bonds is 2. The normalized spacial score (nSPS) is 9.92. The van der Waals surface area contributed by atoms with Crippen molar-refractivity contribution in [2.45, 2.75) is 0 Å². The summed E-state index contributed by atoms with van der Waals surface area (Å²) in [5.74, 6) is -3.24. The molecule has 0 aromatic heterocycles. The van der Waals surface area contributed by atoms with Gasteiger partial charge >= 0.3 is 11.3 Å². The van der Waals surface area contributed by atoms with Gasteiger partial charge in [0.1, 0.15) is 22.9 Å². The molecule has 0 aliphatic heterocycles. The summed E-state index contributed by atoms with van der Waals surface area (Å²) in [7, 11) is 0. The van der Waals surface area contributed by atoms with Crippen LogP contribution < -0.4 is 14.8 Å². The van der Waals surface area contributed by atoms with Gasteiger partial charge < -0.3 is 4.74 Å². The van der Waals surface area contributed by atoms with Crippen LogP contribution in [0, 0.1) is 11.6 Å². The Labute approximate surface area is 139 Å². The molecule has 6 nitrogen and oxygen atoms in total. The maximum atomic E-state index is 13.4. The number of ether oxygens (including phenoxy) is 1. The number of nitrogens with one attached hydrogen (secondary N) is 2. The SMILES string of the molecule is O=C(NSC(=O)Oc1ccccc1)NC(=O)c1c(F)cccc1F. The zero-order chi connectivity index (χ0) is 17.5. The van der Waals surface area contributed by atoms with E-state index in [-0.39, 0.29) is 17.7 Å². The number of benzene rings is 2. The van der Waals surface area contributed by atoms with E-state index in [1.807, 2.05) is 4.72 Å². The van der Waals surface area contributed by atoms with Crippen LogP contribution in [-0.4, -0.2) is 17.2 Å². The summed E-state index contributed by atoms with van der Waals surface area (Å²) in [6.45, 7) is 0. The Balaban J connectivity index is 1.85. The molecule has 0 unspecified atom stereocenters. The first kappa shape index (κ1) is 17.4. The van der Waals surface area contributed by atoms with Crippen molar-refractivity contribution in [3.63, 3.8) is 0 Å². The molecule has 0 heterocycles. The molecule has 9 heteroatoms. The molecule has 0 aliphatic rings. The van der Waals surface area contributed by atoms with Crippen LogP contribution in [-0.2, 0) is 0 Å². The van der Waals surface area contributed by atoms with Crippen LogP contribution in [0.2, 0.25) is 0 Å². The van der Waals surface area contributed by atoms with Crippen LogP contribution >= 0.6 is 11.9 Å². The van der Waals surface area contributed by atoms with Gasteiger partial charge in [0.2, 0.25) is 0 Å². The van der Waals surface area contributed by atoms with E-state index in [1.165, 1.54) is 12.1 Å². The summed E-state index contributed by atoms with van der Waals surface area (Å²) < 4.78 is 33.6. The molecule has 0 bridgehead atoms. The van der Waals surface area contributed by atoms with Gasteiger partial charge in [0, 0.05) is 0 Å². The van der Waals surface area contributed by atoms with E-state index in [9.17, 15) is 23.2 Å². The van der Waals surface area contributed by atoms with Crippen molar-refractivity contribution in [2.24, 2.45) is 0 Å². The van der Waals surface area contributed by atoms with Gasteiger partial charge in [0.15, 0.2) is 0 Å². The summed E-state index contributed by atoms with van der Waals surface area (Å²) in [5.41, 5.74) is -0.899. The number of hydrogen-bond acceptors (Lipinski definition) is 5. The topological polar surface area (TPSA) is 84.5 Å². The van der Waals surface area contributed by atoms with E-state index >= 15 is 0 Å². The fraction of sp³-hybridized carbons (Fsp3) is 0. The van der Waals surface area contributed by atoms with Gasteiger partial charge in [0.05, 0.1) is 11.9 Å². The number of imide groups is 1. The zero-order valence-corrected chi connectivity index (χ0v) is 12.7. The van der Waals surface area contributed by atoms with Crippen LogP contribution in [0.25, 0.3) is 0 Å². The van der Waals surface area contributed by atoms with Gasteiger partial charge in [-0.25, -0.2) is 18.4 Å². The van der Waals surface area contributed by atoms with Crippen molar-refractivity contribution in [3.05, 3.63) is 65.7 Å². The highest BCUT2D eigenvalue weighted by atomic mass is 32.2. The Kier molecular flexibility index (Phi) is 5.85. The average molecular weight is 352 g/mol. The largest absolute Gasteiger partial charge is 0.417 e. The Bertz CT molecular complexity index is 751. The molecule has 2 N–H and O–H groups in total. The van der Waals surface area contributed by atoms with E-state index in [4.69, 9.17) is 4.74 Å². The molecule has 24 heavy (non-hydrogen) atoms. The predicted molar refractivity (Wildman–Crippen MR) is 82.4 cm³/mol. The third kappa shape index (κ3) is 4.78. The number of urea groups is 1. The molecule has 0 saturated carbocycles. The quantitative estimate of drug-likeness (QED) is 0.640. The molecular weight excluding hydrogens is 342 g/mol. The lowest BCUT2D eigenvalue weighted by atomic mass is 10.2. The third-order valence-corrected chi connectivity index (χ3v) is 3.13. The van der Waals surface area contributed by atoms with E-state index < -0.39 is 34.4 Å². The monoisotopic (exact) mass is 352 g/mol. The van der Waals surface area contributed by atoms with Crippen molar-refractivity contribution < 1.29 is 27.9 Å². The lowest BCUT2D eigenvalue weighted by Gasteiger charge is -2.07. The fourth-order valence-corrected chi connectivity index (χ4v) is 1.96. The van der Waals surface area contributed by atoms with Crippen molar-refractivity contribution in [1.82, 2.24) is 10.0 Å². The Morgan fingerprint density at radius 2 is 1.54 bits per heavy atom. The highest BCUT2D eigenvalue weighted by Crippen LogP contribution is 2.13. The van der Waals surface area contributed by atoms with Crippen LogP contribution in [0.3, 0.4) is 0 Å². The fourth-order valence-electron chi connectivity index (χ4n) is 1.60. The first-order valence-corrected chi connectivity index (χ1v) is 7.28. The minimum absolute atomic E-state index is 0.262. The first-order valence-electron chi connectivity index (χ1n) is 6.46. The summed E-state index contributed by atoms with van der Waals surface area (Å²) in [4.78, 5) is 34.6. The van der Waals surface area contributed by atoms with Gasteiger partial charge in [0.25, 0.3) is 5.91 Å². The molecule has 3 amide bonds. The second kappa shape index (κ2) is 8.06. The number of carbonyl (C=O) groups excluding carboxylic acids is 3. The molecule has 0 spiro atoms. The smallest absolute Gasteiger partial charge is 0.393 e. The van der Waals surface area contributed by atoms with Crippen LogP contribution in [0.1, 0.15) is 10.4 Å². The molecule has 0 saturated heterocycles. The van der Waals surface area contributed by atoms with Gasteiger partial charge in [-0.05, 0) is 24.3 Å². The highest BCUT2D eigenvalue weighted by Gasteiger charge is 2.19. The number of carbonyl (C=O) groups is 3. The van der Waals surface area contributed by atoms with Gasteiger partial charge in [-0.2, -0.15) is 0 Å². The second-order valence-corrected chi connectivity index (χ2v) is 4.99. The third-order valence-electron chi connectivity index (χ3n) is 2.59. The lowest BCUT2D eigenvalue weighted by molar-refractivity contribution is 0.0957. The molecule has 0 fully saturated rings. The Morgan fingerprint density at radius 3 is 2.17 bits per heavy atom. The number of halogens is 2. The maximum absolute atomic E-state index is 13.4. The molecule has 124 valence electrons. The number of para-hydroxylation sites is 1. The van der Waals surface area contributed by atoms with Crippen LogP contribution in [0.5, 0.6) is 5.75 Å². The molecule has 2 aromatic carbocycles. The molecular formula is C15H10F2N2O4S. The first-order chi connectivity index (χ1) is 11.5. The van der Waals surface area contributed by atoms with E-state index in [0.29, 0.717) is 0 Å². The molecule has 0 aliphatic carbocycles. The van der Waals surface area contributed by atoms with E-state index in [0.717, 1.165) is 18.2 Å². The van der Waals surface area contributed by atoms with Gasteiger partial charge in [-0.1, -0.05) is 24.3 Å². The maximum Gasteiger partial charge on any atom is 0.393 e. The van der Waals surface area contributed by atoms with Gasteiger partial charge in [-0.15, -0.1) is 0 Å². The molecule has 0 radical (unpaired) electrons.